The summed E-state index contributed by atoms with van der Waals surface area (Å²) in [6, 6.07) is 3.94. The Kier molecular flexibility index (Phi) is 5.46. The van der Waals surface area contributed by atoms with Gasteiger partial charge in [-0.1, -0.05) is 6.07 Å². The number of nitrogens with zero attached hydrogens (tertiary/aromatic N) is 1. The maximum atomic E-state index is 10.6. The molecule has 0 aliphatic heterocycles. The van der Waals surface area contributed by atoms with Gasteiger partial charge in [-0.3, -0.25) is 14.3 Å². The van der Waals surface area contributed by atoms with E-state index in [1.807, 2.05) is 0 Å². The maximum Gasteiger partial charge on any atom is 1.00 e. The molecule has 5 nitrogen and oxygen atoms in total. The summed E-state index contributed by atoms with van der Waals surface area (Å²) in [4.78, 5) is 9.76. The zero-order valence-corrected chi connectivity index (χ0v) is 10.5. The van der Waals surface area contributed by atoms with E-state index in [0.29, 0.717) is 0 Å². The van der Waals surface area contributed by atoms with Crippen molar-refractivity contribution in [2.24, 2.45) is 0 Å². The Morgan fingerprint density at radius 1 is 1.43 bits per heavy atom. The normalized spacial score (nSPS) is 11.6. The standard InChI is InChI=1S/C7H7NO4S.Na/c1-5-6(8(9)10)3-2-4-7(5)13(11)12;/h2-4H,1H3,(H,11,12);/q;+1/p-1. The van der Waals surface area contributed by atoms with E-state index < -0.39 is 16.0 Å². The minimum absolute atomic E-state index is 0. The van der Waals surface area contributed by atoms with Gasteiger partial charge in [0.15, 0.2) is 0 Å². The van der Waals surface area contributed by atoms with Crippen molar-refractivity contribution in [3.63, 3.8) is 0 Å². The Labute approximate surface area is 105 Å². The molecule has 1 aromatic rings. The van der Waals surface area contributed by atoms with Crippen molar-refractivity contribution < 1.29 is 43.2 Å². The molecule has 0 aliphatic carbocycles. The topological polar surface area (TPSA) is 83.3 Å². The summed E-state index contributed by atoms with van der Waals surface area (Å²) in [5.41, 5.74) is -0.0115. The van der Waals surface area contributed by atoms with Crippen LogP contribution in [0.25, 0.3) is 0 Å². The first-order chi connectivity index (χ1) is 6.04. The fourth-order valence-corrected chi connectivity index (χ4v) is 1.53. The molecular weight excluding hydrogens is 217 g/mol. The van der Waals surface area contributed by atoms with Crippen molar-refractivity contribution in [1.82, 2.24) is 0 Å². The van der Waals surface area contributed by atoms with Gasteiger partial charge in [0.2, 0.25) is 0 Å². The van der Waals surface area contributed by atoms with Gasteiger partial charge in [0.1, 0.15) is 0 Å². The predicted octanol–water partition coefficient (Wildman–Crippen LogP) is -1.85. The molecule has 0 amide bonds. The third-order valence-electron chi connectivity index (χ3n) is 1.63. The summed E-state index contributed by atoms with van der Waals surface area (Å²) in [5.74, 6) is 0. The molecule has 0 aliphatic rings. The van der Waals surface area contributed by atoms with E-state index in [9.17, 15) is 18.9 Å². The Balaban J connectivity index is 0.00000169. The smallest absolute Gasteiger partial charge is 0.768 e. The van der Waals surface area contributed by atoms with Crippen LogP contribution in [0.5, 0.6) is 0 Å². The summed E-state index contributed by atoms with van der Waals surface area (Å²) >= 11 is -2.42. The summed E-state index contributed by atoms with van der Waals surface area (Å²) < 4.78 is 21.1. The molecule has 0 aromatic heterocycles. The van der Waals surface area contributed by atoms with Crippen LogP contribution in [0.15, 0.2) is 23.1 Å². The second kappa shape index (κ2) is 5.57. The molecule has 1 atom stereocenters. The second-order valence-corrected chi connectivity index (χ2v) is 3.30. The van der Waals surface area contributed by atoms with Gasteiger partial charge >= 0.3 is 29.6 Å². The summed E-state index contributed by atoms with van der Waals surface area (Å²) in [5, 5.41) is 10.4. The van der Waals surface area contributed by atoms with E-state index in [1.54, 1.807) is 0 Å². The minimum Gasteiger partial charge on any atom is -0.768 e. The van der Waals surface area contributed by atoms with E-state index in [0.717, 1.165) is 0 Å². The maximum absolute atomic E-state index is 10.6. The molecule has 0 fully saturated rings. The van der Waals surface area contributed by atoms with E-state index >= 15 is 0 Å². The molecule has 0 N–H and O–H groups in total. The Hall–Kier alpha value is -0.270. The van der Waals surface area contributed by atoms with Crippen LogP contribution in [0.4, 0.5) is 5.69 Å². The zero-order valence-electron chi connectivity index (χ0n) is 7.72. The van der Waals surface area contributed by atoms with Crippen LogP contribution in [-0.2, 0) is 11.1 Å². The molecular formula is C7H6NNaO4S. The third-order valence-corrected chi connectivity index (χ3v) is 2.43. The molecule has 14 heavy (non-hydrogen) atoms. The molecule has 1 unspecified atom stereocenters. The van der Waals surface area contributed by atoms with Crippen LogP contribution in [0.2, 0.25) is 0 Å². The molecule has 0 bridgehead atoms. The van der Waals surface area contributed by atoms with Crippen LogP contribution in [0, 0.1) is 17.0 Å². The number of nitro groups is 1. The van der Waals surface area contributed by atoms with Gasteiger partial charge in [-0.25, -0.2) is 0 Å². The van der Waals surface area contributed by atoms with E-state index in [2.05, 4.69) is 0 Å². The van der Waals surface area contributed by atoms with Gasteiger partial charge < -0.3 is 4.55 Å². The first-order valence-corrected chi connectivity index (χ1v) is 4.45. The van der Waals surface area contributed by atoms with Gasteiger partial charge in [-0.05, 0) is 24.1 Å². The van der Waals surface area contributed by atoms with Gasteiger partial charge in [0, 0.05) is 16.5 Å². The van der Waals surface area contributed by atoms with Crippen LogP contribution < -0.4 is 29.6 Å². The fourth-order valence-electron chi connectivity index (χ4n) is 0.981. The zero-order chi connectivity index (χ0) is 10.0. The van der Waals surface area contributed by atoms with Crippen LogP contribution in [0.1, 0.15) is 5.56 Å². The summed E-state index contributed by atoms with van der Waals surface area (Å²) in [6.45, 7) is 1.41. The van der Waals surface area contributed by atoms with Crippen molar-refractivity contribution in [3.8, 4) is 0 Å². The molecule has 7 heteroatoms. The Morgan fingerprint density at radius 2 is 2.00 bits per heavy atom. The SMILES string of the molecule is Cc1c([N+](=O)[O-])cccc1S(=O)[O-].[Na+]. The Bertz CT molecular complexity index is 350. The largest absolute Gasteiger partial charge is 1.00 e. The van der Waals surface area contributed by atoms with E-state index in [4.69, 9.17) is 0 Å². The third kappa shape index (κ3) is 2.86. The van der Waals surface area contributed by atoms with Crippen molar-refractivity contribution in [3.05, 3.63) is 33.9 Å². The van der Waals surface area contributed by atoms with Gasteiger partial charge in [-0.2, -0.15) is 0 Å². The summed E-state index contributed by atoms with van der Waals surface area (Å²) in [7, 11) is 0. The van der Waals surface area contributed by atoms with Crippen molar-refractivity contribution in [2.75, 3.05) is 0 Å². The molecule has 1 rings (SSSR count). The van der Waals surface area contributed by atoms with Gasteiger partial charge in [0.25, 0.3) is 5.69 Å². The van der Waals surface area contributed by atoms with Gasteiger partial charge in [-0.15, -0.1) is 0 Å². The Morgan fingerprint density at radius 3 is 2.43 bits per heavy atom. The molecule has 0 spiro atoms. The van der Waals surface area contributed by atoms with Gasteiger partial charge in [0.05, 0.1) is 4.92 Å². The number of hydrogen-bond donors (Lipinski definition) is 0. The quantitative estimate of drug-likeness (QED) is 0.255. The fraction of sp³-hybridized carbons (Fsp3) is 0.143. The first kappa shape index (κ1) is 13.7. The predicted molar refractivity (Wildman–Crippen MR) is 45.0 cm³/mol. The number of benzene rings is 1. The monoisotopic (exact) mass is 223 g/mol. The molecule has 0 radical (unpaired) electrons. The molecule has 0 saturated carbocycles. The van der Waals surface area contributed by atoms with E-state index in [1.165, 1.54) is 25.1 Å². The molecule has 70 valence electrons. The average Bonchev–Trinajstić information content (AvgIpc) is 2.03. The molecule has 1 aromatic carbocycles. The van der Waals surface area contributed by atoms with Crippen molar-refractivity contribution >= 4 is 16.8 Å². The second-order valence-electron chi connectivity index (χ2n) is 2.39. The number of rotatable bonds is 2. The van der Waals surface area contributed by atoms with Crippen molar-refractivity contribution in [1.29, 1.82) is 0 Å². The number of nitro benzene ring substituents is 1. The molecule has 0 saturated heterocycles. The van der Waals surface area contributed by atoms with Crippen molar-refractivity contribution in [2.45, 2.75) is 11.8 Å². The molecule has 0 heterocycles. The number of hydrogen-bond acceptors (Lipinski definition) is 4. The first-order valence-electron chi connectivity index (χ1n) is 3.37. The van der Waals surface area contributed by atoms with E-state index in [-0.39, 0.29) is 45.7 Å². The minimum atomic E-state index is -2.42. The average molecular weight is 223 g/mol. The van der Waals surface area contributed by atoms with Crippen LogP contribution in [-0.4, -0.2) is 13.7 Å². The van der Waals surface area contributed by atoms with Crippen LogP contribution in [0.3, 0.4) is 0 Å². The summed E-state index contributed by atoms with van der Waals surface area (Å²) in [6.07, 6.45) is 0. The van der Waals surface area contributed by atoms with Crippen LogP contribution >= 0.6 is 0 Å².